The molecule has 0 saturated heterocycles. The predicted molar refractivity (Wildman–Crippen MR) is 70.9 cm³/mol. The van der Waals surface area contributed by atoms with E-state index in [0.717, 1.165) is 18.6 Å². The van der Waals surface area contributed by atoms with E-state index in [1.54, 1.807) is 0 Å². The van der Waals surface area contributed by atoms with Crippen LogP contribution in [0.3, 0.4) is 0 Å². The number of esters is 1. The van der Waals surface area contributed by atoms with Crippen LogP contribution >= 0.6 is 11.8 Å². The molecule has 0 aromatic rings. The van der Waals surface area contributed by atoms with Crippen molar-refractivity contribution in [2.45, 2.75) is 51.3 Å². The zero-order valence-electron chi connectivity index (χ0n) is 11.1. The fourth-order valence-electron chi connectivity index (χ4n) is 1.36. The molecule has 1 atom stereocenters. The van der Waals surface area contributed by atoms with Crippen molar-refractivity contribution in [2.24, 2.45) is 0 Å². The van der Waals surface area contributed by atoms with Gasteiger partial charge in [-0.1, -0.05) is 13.8 Å². The van der Waals surface area contributed by atoms with Gasteiger partial charge in [-0.05, 0) is 44.7 Å². The van der Waals surface area contributed by atoms with E-state index in [4.69, 9.17) is 4.74 Å². The molecular weight excluding hydrogens is 222 g/mol. The van der Waals surface area contributed by atoms with Crippen molar-refractivity contribution >= 4 is 17.7 Å². The van der Waals surface area contributed by atoms with Crippen LogP contribution in [-0.4, -0.2) is 36.2 Å². The molecule has 0 fully saturated rings. The second-order valence-corrected chi connectivity index (χ2v) is 6.01. The number of thioether (sulfide) groups is 1. The lowest BCUT2D eigenvalue weighted by Gasteiger charge is -2.26. The number of nitrogens with one attached hydrogen (secondary N) is 1. The van der Waals surface area contributed by atoms with Gasteiger partial charge < -0.3 is 10.1 Å². The van der Waals surface area contributed by atoms with Crippen molar-refractivity contribution in [2.75, 3.05) is 19.4 Å². The second kappa shape index (κ2) is 7.96. The third kappa shape index (κ3) is 5.75. The van der Waals surface area contributed by atoms with Crippen molar-refractivity contribution in [1.82, 2.24) is 5.32 Å². The van der Waals surface area contributed by atoms with Gasteiger partial charge in [-0.15, -0.1) is 0 Å². The van der Waals surface area contributed by atoms with E-state index in [2.05, 4.69) is 19.2 Å². The van der Waals surface area contributed by atoms with Crippen LogP contribution in [0.4, 0.5) is 0 Å². The minimum atomic E-state index is -0.534. The molecule has 0 spiro atoms. The molecule has 0 aromatic heterocycles. The highest BCUT2D eigenvalue weighted by molar-refractivity contribution is 7.99. The van der Waals surface area contributed by atoms with Gasteiger partial charge in [0.25, 0.3) is 0 Å². The first-order valence-corrected chi connectivity index (χ1v) is 6.99. The lowest BCUT2D eigenvalue weighted by molar-refractivity contribution is -0.150. The van der Waals surface area contributed by atoms with Crippen LogP contribution in [0, 0.1) is 0 Å². The number of ether oxygens (including phenoxy) is 1. The van der Waals surface area contributed by atoms with Gasteiger partial charge in [0.1, 0.15) is 5.54 Å². The molecule has 0 aromatic carbocycles. The van der Waals surface area contributed by atoms with Crippen LogP contribution in [0.5, 0.6) is 0 Å². The zero-order chi connectivity index (χ0) is 12.6. The number of rotatable bonds is 8. The maximum absolute atomic E-state index is 11.7. The first-order valence-electron chi connectivity index (χ1n) is 5.94. The van der Waals surface area contributed by atoms with Crippen LogP contribution in [0.25, 0.3) is 0 Å². The van der Waals surface area contributed by atoms with Crippen LogP contribution in [-0.2, 0) is 9.53 Å². The minimum absolute atomic E-state index is 0.146. The Labute approximate surface area is 104 Å². The molecule has 4 heteroatoms. The molecular formula is C12H25NO2S. The Morgan fingerprint density at radius 3 is 2.56 bits per heavy atom. The monoisotopic (exact) mass is 247 g/mol. The normalized spacial score (nSPS) is 14.9. The number of hydrogen-bond donors (Lipinski definition) is 1. The minimum Gasteiger partial charge on any atom is -0.465 e. The van der Waals surface area contributed by atoms with Gasteiger partial charge in [-0.2, -0.15) is 11.8 Å². The van der Waals surface area contributed by atoms with Crippen LogP contribution < -0.4 is 5.32 Å². The Kier molecular flexibility index (Phi) is 7.85. The van der Waals surface area contributed by atoms with Crippen molar-refractivity contribution in [3.63, 3.8) is 0 Å². The van der Waals surface area contributed by atoms with Gasteiger partial charge in [0.05, 0.1) is 6.61 Å². The van der Waals surface area contributed by atoms with E-state index in [0.29, 0.717) is 11.9 Å². The molecule has 16 heavy (non-hydrogen) atoms. The summed E-state index contributed by atoms with van der Waals surface area (Å²) in [5.41, 5.74) is -0.534. The van der Waals surface area contributed by atoms with E-state index < -0.39 is 5.54 Å². The van der Waals surface area contributed by atoms with Gasteiger partial charge in [0, 0.05) is 0 Å². The lowest BCUT2D eigenvalue weighted by Crippen LogP contribution is -2.48. The topological polar surface area (TPSA) is 38.3 Å². The molecule has 0 heterocycles. The van der Waals surface area contributed by atoms with Crippen molar-refractivity contribution in [3.8, 4) is 0 Å². The molecule has 0 radical (unpaired) electrons. The lowest BCUT2D eigenvalue weighted by atomic mass is 9.97. The van der Waals surface area contributed by atoms with E-state index >= 15 is 0 Å². The maximum atomic E-state index is 11.7. The van der Waals surface area contributed by atoms with E-state index in [-0.39, 0.29) is 5.97 Å². The maximum Gasteiger partial charge on any atom is 0.326 e. The van der Waals surface area contributed by atoms with Crippen molar-refractivity contribution < 1.29 is 9.53 Å². The molecule has 0 aliphatic rings. The van der Waals surface area contributed by atoms with Crippen LogP contribution in [0.15, 0.2) is 0 Å². The highest BCUT2D eigenvalue weighted by Crippen LogP contribution is 2.18. The van der Waals surface area contributed by atoms with Crippen molar-refractivity contribution in [1.29, 1.82) is 0 Å². The standard InChI is InChI=1S/C12H25NO2S/c1-6-15-11(14)12(4,13-5)8-7-9-16-10(2)3/h10,13H,6-9H2,1-5H3. The molecule has 0 aliphatic carbocycles. The first-order chi connectivity index (χ1) is 7.46. The molecule has 3 nitrogen and oxygen atoms in total. The van der Waals surface area contributed by atoms with Gasteiger partial charge >= 0.3 is 5.97 Å². The summed E-state index contributed by atoms with van der Waals surface area (Å²) < 4.78 is 5.07. The largest absolute Gasteiger partial charge is 0.465 e. The molecule has 1 N–H and O–H groups in total. The molecule has 0 amide bonds. The van der Waals surface area contributed by atoms with Gasteiger partial charge in [-0.25, -0.2) is 0 Å². The molecule has 0 aliphatic heterocycles. The van der Waals surface area contributed by atoms with Gasteiger partial charge in [-0.3, -0.25) is 4.79 Å². The summed E-state index contributed by atoms with van der Waals surface area (Å²) in [5.74, 6) is 0.945. The summed E-state index contributed by atoms with van der Waals surface area (Å²) in [6.07, 6.45) is 1.85. The second-order valence-electron chi connectivity index (χ2n) is 4.33. The van der Waals surface area contributed by atoms with Crippen LogP contribution in [0.1, 0.15) is 40.5 Å². The third-order valence-corrected chi connectivity index (χ3v) is 3.74. The highest BCUT2D eigenvalue weighted by Gasteiger charge is 2.32. The summed E-state index contributed by atoms with van der Waals surface area (Å²) >= 11 is 1.93. The van der Waals surface area contributed by atoms with Crippen LogP contribution in [0.2, 0.25) is 0 Å². The zero-order valence-corrected chi connectivity index (χ0v) is 11.9. The average Bonchev–Trinajstić information content (AvgIpc) is 2.24. The van der Waals surface area contributed by atoms with E-state index in [1.165, 1.54) is 0 Å². The summed E-state index contributed by atoms with van der Waals surface area (Å²) in [6, 6.07) is 0. The van der Waals surface area contributed by atoms with Gasteiger partial charge in [0.2, 0.25) is 0 Å². The fraction of sp³-hybridized carbons (Fsp3) is 0.917. The number of carbonyl (C=O) groups is 1. The summed E-state index contributed by atoms with van der Waals surface area (Å²) in [5, 5.41) is 3.72. The Morgan fingerprint density at radius 2 is 2.12 bits per heavy atom. The third-order valence-electron chi connectivity index (χ3n) is 2.55. The smallest absolute Gasteiger partial charge is 0.326 e. The highest BCUT2D eigenvalue weighted by atomic mass is 32.2. The first kappa shape index (κ1) is 15.8. The Bertz CT molecular complexity index is 209. The summed E-state index contributed by atoms with van der Waals surface area (Å²) in [4.78, 5) is 11.7. The van der Waals surface area contributed by atoms with E-state index in [1.807, 2.05) is 32.7 Å². The summed E-state index contributed by atoms with van der Waals surface area (Å²) in [7, 11) is 1.81. The number of hydrogen-bond acceptors (Lipinski definition) is 4. The van der Waals surface area contributed by atoms with Gasteiger partial charge in [0.15, 0.2) is 0 Å². The molecule has 0 bridgehead atoms. The predicted octanol–water partition coefficient (Wildman–Crippen LogP) is 2.45. The Morgan fingerprint density at radius 1 is 1.50 bits per heavy atom. The number of carbonyl (C=O) groups excluding carboxylic acids is 1. The Hall–Kier alpha value is -0.220. The molecule has 1 unspecified atom stereocenters. The fourth-order valence-corrected chi connectivity index (χ4v) is 2.15. The molecule has 96 valence electrons. The molecule has 0 saturated carbocycles. The number of likely N-dealkylation sites (N-methyl/N-ethyl adjacent to an activating group) is 1. The SMILES string of the molecule is CCOC(=O)C(C)(CCCSC(C)C)NC. The average molecular weight is 247 g/mol. The molecule has 0 rings (SSSR count). The van der Waals surface area contributed by atoms with E-state index in [9.17, 15) is 4.79 Å². The van der Waals surface area contributed by atoms with Crippen molar-refractivity contribution in [3.05, 3.63) is 0 Å². The quantitative estimate of drug-likeness (QED) is 0.528. The Balaban J connectivity index is 4.01. The summed E-state index contributed by atoms with van der Waals surface area (Å²) in [6.45, 7) is 8.56.